The van der Waals surface area contributed by atoms with Crippen molar-refractivity contribution in [2.75, 3.05) is 6.54 Å². The smallest absolute Gasteiger partial charge is 0.141 e. The number of hydrogen-bond acceptors (Lipinski definition) is 1. The Labute approximate surface area is 148 Å². The molecular formula is C16H15Cl2FIN. The van der Waals surface area contributed by atoms with Gasteiger partial charge in [-0.3, -0.25) is 0 Å². The Morgan fingerprint density at radius 3 is 2.52 bits per heavy atom. The Morgan fingerprint density at radius 2 is 1.90 bits per heavy atom. The maximum atomic E-state index is 13.2. The highest BCUT2D eigenvalue weighted by molar-refractivity contribution is 14.1. The van der Waals surface area contributed by atoms with E-state index >= 15 is 0 Å². The molecule has 0 spiro atoms. The van der Waals surface area contributed by atoms with Gasteiger partial charge < -0.3 is 5.32 Å². The Bertz CT molecular complexity index is 634. The standard InChI is InChI=1S/C16H15Cl2FIN/c1-2-21-16(11-4-6-15(20)13(18)9-11)8-10-3-5-14(19)12(17)7-10/h3-7,9,16,21H,2,8H2,1H3. The summed E-state index contributed by atoms with van der Waals surface area (Å²) < 4.78 is 14.3. The predicted octanol–water partition coefficient (Wildman–Crippen LogP) is 5.63. The molecule has 0 aliphatic rings. The average molecular weight is 438 g/mol. The number of benzene rings is 2. The number of halogens is 4. The minimum Gasteiger partial charge on any atom is -0.310 e. The lowest BCUT2D eigenvalue weighted by Gasteiger charge is -2.19. The molecule has 5 heteroatoms. The van der Waals surface area contributed by atoms with Gasteiger partial charge in [-0.15, -0.1) is 0 Å². The van der Waals surface area contributed by atoms with Crippen LogP contribution < -0.4 is 5.32 Å². The molecule has 21 heavy (non-hydrogen) atoms. The zero-order valence-corrected chi connectivity index (χ0v) is 15.1. The van der Waals surface area contributed by atoms with Gasteiger partial charge in [0.05, 0.1) is 10.0 Å². The first-order valence-corrected chi connectivity index (χ1v) is 8.47. The fourth-order valence-electron chi connectivity index (χ4n) is 2.19. The minimum atomic E-state index is -0.391. The summed E-state index contributed by atoms with van der Waals surface area (Å²) >= 11 is 14.3. The molecule has 0 radical (unpaired) electrons. The molecular weight excluding hydrogens is 423 g/mol. The van der Waals surface area contributed by atoms with Gasteiger partial charge in [0.2, 0.25) is 0 Å². The number of nitrogens with one attached hydrogen (secondary N) is 1. The maximum absolute atomic E-state index is 13.2. The molecule has 2 aromatic rings. The third-order valence-electron chi connectivity index (χ3n) is 3.22. The second-order valence-electron chi connectivity index (χ2n) is 4.74. The Morgan fingerprint density at radius 1 is 1.14 bits per heavy atom. The van der Waals surface area contributed by atoms with Crippen LogP contribution in [0.5, 0.6) is 0 Å². The molecule has 0 saturated carbocycles. The second-order valence-corrected chi connectivity index (χ2v) is 6.71. The summed E-state index contributed by atoms with van der Waals surface area (Å²) in [6.07, 6.45) is 0.727. The van der Waals surface area contributed by atoms with Crippen molar-refractivity contribution in [3.8, 4) is 0 Å². The molecule has 0 aliphatic heterocycles. The number of hydrogen-bond donors (Lipinski definition) is 1. The largest absolute Gasteiger partial charge is 0.310 e. The van der Waals surface area contributed by atoms with E-state index in [0.717, 1.165) is 32.7 Å². The molecule has 1 nitrogen and oxygen atoms in total. The van der Waals surface area contributed by atoms with E-state index in [9.17, 15) is 4.39 Å². The highest BCUT2D eigenvalue weighted by Crippen LogP contribution is 2.26. The molecule has 0 saturated heterocycles. The number of likely N-dealkylation sites (N-methyl/N-ethyl adjacent to an activating group) is 1. The molecule has 2 rings (SSSR count). The van der Waals surface area contributed by atoms with Crippen LogP contribution in [0.15, 0.2) is 36.4 Å². The Kier molecular flexibility index (Phi) is 6.29. The summed E-state index contributed by atoms with van der Waals surface area (Å²) in [6, 6.07) is 11.0. The maximum Gasteiger partial charge on any atom is 0.141 e. The van der Waals surface area contributed by atoms with Gasteiger partial charge in [-0.1, -0.05) is 42.3 Å². The predicted molar refractivity (Wildman–Crippen MR) is 95.7 cm³/mol. The third-order valence-corrected chi connectivity index (χ3v) is 5.08. The normalized spacial score (nSPS) is 12.4. The first-order valence-electron chi connectivity index (χ1n) is 6.63. The first kappa shape index (κ1) is 17.0. The van der Waals surface area contributed by atoms with Gasteiger partial charge >= 0.3 is 0 Å². The molecule has 0 amide bonds. The van der Waals surface area contributed by atoms with E-state index in [0.29, 0.717) is 0 Å². The zero-order valence-electron chi connectivity index (χ0n) is 11.5. The first-order chi connectivity index (χ1) is 10.0. The average Bonchev–Trinajstić information content (AvgIpc) is 2.45. The Balaban J connectivity index is 2.25. The molecule has 0 aliphatic carbocycles. The van der Waals surface area contributed by atoms with Crippen LogP contribution in [-0.2, 0) is 6.42 Å². The fourth-order valence-corrected chi connectivity index (χ4v) is 2.91. The van der Waals surface area contributed by atoms with E-state index in [4.69, 9.17) is 23.2 Å². The molecule has 0 aromatic heterocycles. The van der Waals surface area contributed by atoms with E-state index in [-0.39, 0.29) is 11.1 Å². The third kappa shape index (κ3) is 4.55. The van der Waals surface area contributed by atoms with Crippen molar-refractivity contribution in [1.29, 1.82) is 0 Å². The molecule has 1 unspecified atom stereocenters. The van der Waals surface area contributed by atoms with Crippen molar-refractivity contribution in [2.24, 2.45) is 0 Å². The van der Waals surface area contributed by atoms with Crippen LogP contribution in [0.1, 0.15) is 24.1 Å². The topological polar surface area (TPSA) is 12.0 Å². The van der Waals surface area contributed by atoms with Crippen LogP contribution in [0, 0.1) is 9.39 Å². The van der Waals surface area contributed by atoms with E-state index in [1.54, 1.807) is 12.1 Å². The molecule has 1 N–H and O–H groups in total. The van der Waals surface area contributed by atoms with E-state index in [1.807, 2.05) is 12.1 Å². The number of rotatable bonds is 5. The summed E-state index contributed by atoms with van der Waals surface area (Å²) in [4.78, 5) is 0. The van der Waals surface area contributed by atoms with Gasteiger partial charge in [0, 0.05) is 9.61 Å². The molecule has 0 fully saturated rings. The molecule has 0 bridgehead atoms. The van der Waals surface area contributed by atoms with E-state index < -0.39 is 5.82 Å². The molecule has 0 heterocycles. The summed E-state index contributed by atoms with van der Waals surface area (Å²) in [7, 11) is 0. The van der Waals surface area contributed by atoms with Gasteiger partial charge in [-0.25, -0.2) is 4.39 Å². The van der Waals surface area contributed by atoms with Gasteiger partial charge in [-0.05, 0) is 70.9 Å². The molecule has 1 atom stereocenters. The van der Waals surface area contributed by atoms with Crippen LogP contribution in [0.2, 0.25) is 10.0 Å². The minimum absolute atomic E-state index is 0.117. The Hall–Kier alpha value is -0.360. The highest BCUT2D eigenvalue weighted by Gasteiger charge is 2.13. The van der Waals surface area contributed by atoms with Crippen molar-refractivity contribution in [3.63, 3.8) is 0 Å². The van der Waals surface area contributed by atoms with Crippen molar-refractivity contribution in [1.82, 2.24) is 5.32 Å². The van der Waals surface area contributed by atoms with Crippen molar-refractivity contribution >= 4 is 45.8 Å². The lowest BCUT2D eigenvalue weighted by molar-refractivity contribution is 0.548. The summed E-state index contributed by atoms with van der Waals surface area (Å²) in [5.74, 6) is -0.391. The van der Waals surface area contributed by atoms with Gasteiger partial charge in [0.25, 0.3) is 0 Å². The molecule has 112 valence electrons. The van der Waals surface area contributed by atoms with Crippen molar-refractivity contribution < 1.29 is 4.39 Å². The quantitative estimate of drug-likeness (QED) is 0.597. The van der Waals surface area contributed by atoms with Crippen LogP contribution in [0.4, 0.5) is 4.39 Å². The lowest BCUT2D eigenvalue weighted by Crippen LogP contribution is -2.23. The van der Waals surface area contributed by atoms with Gasteiger partial charge in [0.15, 0.2) is 0 Å². The summed E-state index contributed by atoms with van der Waals surface area (Å²) in [5.41, 5.74) is 2.10. The molecule has 2 aromatic carbocycles. The van der Waals surface area contributed by atoms with Gasteiger partial charge in [-0.2, -0.15) is 0 Å². The van der Waals surface area contributed by atoms with Crippen LogP contribution in [0.3, 0.4) is 0 Å². The van der Waals surface area contributed by atoms with Crippen molar-refractivity contribution in [3.05, 3.63) is 67.0 Å². The second kappa shape index (κ2) is 7.77. The van der Waals surface area contributed by atoms with Crippen LogP contribution in [0.25, 0.3) is 0 Å². The van der Waals surface area contributed by atoms with E-state index in [1.165, 1.54) is 6.07 Å². The van der Waals surface area contributed by atoms with E-state index in [2.05, 4.69) is 40.9 Å². The summed E-state index contributed by atoms with van der Waals surface area (Å²) in [6.45, 7) is 2.89. The summed E-state index contributed by atoms with van der Waals surface area (Å²) in [5, 5.41) is 4.33. The highest BCUT2D eigenvalue weighted by atomic mass is 127. The van der Waals surface area contributed by atoms with Gasteiger partial charge in [0.1, 0.15) is 5.82 Å². The SMILES string of the molecule is CCNC(Cc1ccc(F)c(Cl)c1)c1ccc(I)c(Cl)c1. The fraction of sp³-hybridized carbons (Fsp3) is 0.250. The monoisotopic (exact) mass is 437 g/mol. The van der Waals surface area contributed by atoms with Crippen molar-refractivity contribution in [2.45, 2.75) is 19.4 Å². The van der Waals surface area contributed by atoms with Crippen LogP contribution in [-0.4, -0.2) is 6.54 Å². The lowest BCUT2D eigenvalue weighted by atomic mass is 9.99. The zero-order chi connectivity index (χ0) is 15.4. The van der Waals surface area contributed by atoms with Crippen LogP contribution >= 0.6 is 45.8 Å².